The normalized spacial score (nSPS) is 10.1. The second kappa shape index (κ2) is 6.01. The summed E-state index contributed by atoms with van der Waals surface area (Å²) >= 11 is 9.26. The number of nitrogens with one attached hydrogen (secondary N) is 2. The molecule has 2 rings (SSSR count). The lowest BCUT2D eigenvalue weighted by Gasteiger charge is -2.07. The van der Waals surface area contributed by atoms with Crippen molar-refractivity contribution in [1.29, 1.82) is 0 Å². The number of hydrazine groups is 1. The largest absolute Gasteiger partial charge is 0.321 e. The Morgan fingerprint density at radius 3 is 2.53 bits per heavy atom. The molecule has 0 atom stereocenters. The van der Waals surface area contributed by atoms with Crippen molar-refractivity contribution in [2.75, 3.05) is 10.7 Å². The van der Waals surface area contributed by atoms with Crippen molar-refractivity contribution in [2.24, 2.45) is 5.84 Å². The van der Waals surface area contributed by atoms with E-state index in [2.05, 4.69) is 31.7 Å². The van der Waals surface area contributed by atoms with Gasteiger partial charge in [-0.25, -0.2) is 10.8 Å². The molecule has 0 spiro atoms. The van der Waals surface area contributed by atoms with Crippen LogP contribution in [0, 0.1) is 0 Å². The van der Waals surface area contributed by atoms with Crippen LogP contribution in [0.25, 0.3) is 0 Å². The molecule has 0 aliphatic carbocycles. The molecular weight excluding hydrogens is 332 g/mol. The Bertz CT molecular complexity index is 603. The van der Waals surface area contributed by atoms with Crippen LogP contribution in [0.15, 0.2) is 40.9 Å². The van der Waals surface area contributed by atoms with E-state index in [4.69, 9.17) is 17.4 Å². The number of halogens is 2. The van der Waals surface area contributed by atoms with Gasteiger partial charge in [-0.05, 0) is 36.4 Å². The van der Waals surface area contributed by atoms with Crippen LogP contribution in [0.4, 0.5) is 11.5 Å². The molecule has 7 heteroatoms. The van der Waals surface area contributed by atoms with Crippen molar-refractivity contribution < 1.29 is 4.79 Å². The van der Waals surface area contributed by atoms with Gasteiger partial charge in [0.25, 0.3) is 5.91 Å². The minimum absolute atomic E-state index is 0.111. The minimum atomic E-state index is -0.399. The minimum Gasteiger partial charge on any atom is -0.321 e. The Morgan fingerprint density at radius 1 is 1.21 bits per heavy atom. The second-order valence-corrected chi connectivity index (χ2v) is 4.96. The zero-order valence-corrected chi connectivity index (χ0v) is 12.0. The summed E-state index contributed by atoms with van der Waals surface area (Å²) in [4.78, 5) is 16.1. The van der Waals surface area contributed by atoms with Crippen LogP contribution in [-0.4, -0.2) is 10.9 Å². The van der Waals surface area contributed by atoms with E-state index >= 15 is 0 Å². The number of carbonyl (C=O) groups is 1. The third kappa shape index (κ3) is 3.44. The van der Waals surface area contributed by atoms with E-state index < -0.39 is 5.91 Å². The van der Waals surface area contributed by atoms with Crippen LogP contribution in [0.5, 0.6) is 0 Å². The highest BCUT2D eigenvalue weighted by Crippen LogP contribution is 2.19. The van der Waals surface area contributed by atoms with Crippen molar-refractivity contribution >= 4 is 44.9 Å². The van der Waals surface area contributed by atoms with Crippen LogP contribution in [0.3, 0.4) is 0 Å². The summed E-state index contributed by atoms with van der Waals surface area (Å²) in [5.74, 6) is 5.21. The molecule has 0 bridgehead atoms. The van der Waals surface area contributed by atoms with E-state index in [1.165, 1.54) is 0 Å². The van der Waals surface area contributed by atoms with E-state index in [0.29, 0.717) is 11.5 Å². The van der Waals surface area contributed by atoms with E-state index in [-0.39, 0.29) is 10.7 Å². The molecule has 0 radical (unpaired) electrons. The molecule has 0 aliphatic rings. The average Bonchev–Trinajstić information content (AvgIpc) is 2.42. The first-order chi connectivity index (χ1) is 9.10. The molecular formula is C12H10BrClN4O. The topological polar surface area (TPSA) is 80.0 Å². The van der Waals surface area contributed by atoms with Crippen molar-refractivity contribution in [3.05, 3.63) is 51.6 Å². The van der Waals surface area contributed by atoms with Gasteiger partial charge in [-0.15, -0.1) is 0 Å². The van der Waals surface area contributed by atoms with Crippen molar-refractivity contribution in [1.82, 2.24) is 4.98 Å². The average molecular weight is 342 g/mol. The van der Waals surface area contributed by atoms with Crippen molar-refractivity contribution in [2.45, 2.75) is 0 Å². The van der Waals surface area contributed by atoms with Gasteiger partial charge in [0.1, 0.15) is 11.5 Å². The first-order valence-electron chi connectivity index (χ1n) is 5.30. The number of carbonyl (C=O) groups excluding carboxylic acids is 1. The monoisotopic (exact) mass is 340 g/mol. The number of anilines is 2. The van der Waals surface area contributed by atoms with E-state index in [1.807, 2.05) is 12.1 Å². The van der Waals surface area contributed by atoms with E-state index in [0.717, 1.165) is 4.47 Å². The second-order valence-electron chi connectivity index (χ2n) is 3.63. The standard InChI is InChI=1S/C12H10BrClN4O/c13-7-1-3-8(4-2-7)16-12(19)11-9(14)5-6-10(17-11)18-15/h1-6H,15H2,(H,16,19)(H,17,18). The molecule has 1 aromatic carbocycles. The van der Waals surface area contributed by atoms with Gasteiger partial charge in [0.05, 0.1) is 5.02 Å². The molecule has 0 fully saturated rings. The summed E-state index contributed by atoms with van der Waals surface area (Å²) in [6.07, 6.45) is 0. The molecule has 0 saturated heterocycles. The Kier molecular flexibility index (Phi) is 4.36. The fraction of sp³-hybridized carbons (Fsp3) is 0. The summed E-state index contributed by atoms with van der Waals surface area (Å²) in [6.45, 7) is 0. The molecule has 1 heterocycles. The Morgan fingerprint density at radius 2 is 1.89 bits per heavy atom. The summed E-state index contributed by atoms with van der Waals surface area (Å²) in [5.41, 5.74) is 3.13. The van der Waals surface area contributed by atoms with Crippen molar-refractivity contribution in [3.8, 4) is 0 Å². The number of nitrogens with zero attached hydrogens (tertiary/aromatic N) is 1. The number of nitrogen functional groups attached to an aromatic ring is 1. The maximum Gasteiger partial charge on any atom is 0.275 e. The zero-order chi connectivity index (χ0) is 13.8. The Hall–Kier alpha value is -1.63. The highest BCUT2D eigenvalue weighted by molar-refractivity contribution is 9.10. The van der Waals surface area contributed by atoms with Gasteiger partial charge in [-0.2, -0.15) is 0 Å². The van der Waals surface area contributed by atoms with Crippen molar-refractivity contribution in [3.63, 3.8) is 0 Å². The van der Waals surface area contributed by atoms with Gasteiger partial charge in [0.15, 0.2) is 0 Å². The highest BCUT2D eigenvalue weighted by atomic mass is 79.9. The number of rotatable bonds is 3. The number of hydrogen-bond acceptors (Lipinski definition) is 4. The summed E-state index contributed by atoms with van der Waals surface area (Å²) in [5, 5.41) is 2.96. The predicted molar refractivity (Wildman–Crippen MR) is 79.2 cm³/mol. The van der Waals surface area contributed by atoms with Gasteiger partial charge < -0.3 is 10.7 Å². The quantitative estimate of drug-likeness (QED) is 0.592. The molecule has 5 nitrogen and oxygen atoms in total. The lowest BCUT2D eigenvalue weighted by atomic mass is 10.3. The summed E-state index contributed by atoms with van der Waals surface area (Å²) in [6, 6.07) is 10.3. The molecule has 19 heavy (non-hydrogen) atoms. The van der Waals surface area contributed by atoms with E-state index in [9.17, 15) is 4.79 Å². The van der Waals surface area contributed by atoms with Gasteiger partial charge in [-0.3, -0.25) is 4.79 Å². The fourth-order valence-electron chi connectivity index (χ4n) is 1.41. The number of benzene rings is 1. The van der Waals surface area contributed by atoms with Crippen LogP contribution < -0.4 is 16.6 Å². The molecule has 2 aromatic rings. The lowest BCUT2D eigenvalue weighted by Crippen LogP contribution is -2.16. The third-order valence-electron chi connectivity index (χ3n) is 2.31. The molecule has 0 aliphatic heterocycles. The van der Waals surface area contributed by atoms with E-state index in [1.54, 1.807) is 24.3 Å². The van der Waals surface area contributed by atoms with Gasteiger partial charge in [0, 0.05) is 10.2 Å². The number of hydrogen-bond donors (Lipinski definition) is 3. The third-order valence-corrected chi connectivity index (χ3v) is 3.14. The predicted octanol–water partition coefficient (Wildman–Crippen LogP) is 3.04. The number of nitrogens with two attached hydrogens (primary N) is 1. The number of pyridine rings is 1. The van der Waals surface area contributed by atoms with Gasteiger partial charge in [0.2, 0.25) is 0 Å². The van der Waals surface area contributed by atoms with Gasteiger partial charge >= 0.3 is 0 Å². The Balaban J connectivity index is 2.22. The summed E-state index contributed by atoms with van der Waals surface area (Å²) in [7, 11) is 0. The maximum absolute atomic E-state index is 12.0. The Labute approximate surface area is 123 Å². The van der Waals surface area contributed by atoms with Crippen LogP contribution in [-0.2, 0) is 0 Å². The van der Waals surface area contributed by atoms with Crippen LogP contribution >= 0.6 is 27.5 Å². The maximum atomic E-state index is 12.0. The van der Waals surface area contributed by atoms with Crippen LogP contribution in [0.2, 0.25) is 5.02 Å². The smallest absolute Gasteiger partial charge is 0.275 e. The molecule has 1 aromatic heterocycles. The highest BCUT2D eigenvalue weighted by Gasteiger charge is 2.13. The molecule has 1 amide bonds. The number of aromatic nitrogens is 1. The molecule has 4 N–H and O–H groups in total. The molecule has 98 valence electrons. The van der Waals surface area contributed by atoms with Crippen LogP contribution in [0.1, 0.15) is 10.5 Å². The summed E-state index contributed by atoms with van der Waals surface area (Å²) < 4.78 is 0.927. The van der Waals surface area contributed by atoms with Gasteiger partial charge in [-0.1, -0.05) is 27.5 Å². The number of amides is 1. The zero-order valence-electron chi connectivity index (χ0n) is 9.65. The molecule has 0 unspecified atom stereocenters. The lowest BCUT2D eigenvalue weighted by molar-refractivity contribution is 0.102. The SMILES string of the molecule is NNc1ccc(Cl)c(C(=O)Nc2ccc(Br)cc2)n1. The fourth-order valence-corrected chi connectivity index (χ4v) is 1.86. The molecule has 0 saturated carbocycles. The first kappa shape index (κ1) is 13.8. The first-order valence-corrected chi connectivity index (χ1v) is 6.47.